The monoisotopic (exact) mass is 277 g/mol. The van der Waals surface area contributed by atoms with Gasteiger partial charge in [-0.25, -0.2) is 0 Å². The Hall–Kier alpha value is -1.16. The van der Waals surface area contributed by atoms with Crippen LogP contribution < -0.4 is 5.32 Å². The second-order valence-electron chi connectivity index (χ2n) is 6.08. The third kappa shape index (κ3) is 3.48. The minimum atomic E-state index is 0.0431. The minimum absolute atomic E-state index is 0.0431. The molecule has 1 aromatic heterocycles. The molecule has 0 unspecified atom stereocenters. The number of hydrogen-bond acceptors (Lipinski definition) is 3. The first kappa shape index (κ1) is 15.2. The van der Waals surface area contributed by atoms with Crippen LogP contribution >= 0.6 is 0 Å². The van der Waals surface area contributed by atoms with E-state index in [1.165, 1.54) is 19.3 Å². The van der Waals surface area contributed by atoms with Crippen LogP contribution in [-0.4, -0.2) is 28.2 Å². The molecule has 1 saturated carbocycles. The highest BCUT2D eigenvalue weighted by Gasteiger charge is 2.32. The smallest absolute Gasteiger partial charge is 0.140 e. The molecule has 0 radical (unpaired) electrons. The van der Waals surface area contributed by atoms with Crippen LogP contribution in [0, 0.1) is 6.92 Å². The Morgan fingerprint density at radius 1 is 1.40 bits per heavy atom. The molecule has 0 amide bonds. The number of aromatic nitrogens is 2. The summed E-state index contributed by atoms with van der Waals surface area (Å²) in [6.45, 7) is 4.88. The maximum absolute atomic E-state index is 12.4. The van der Waals surface area contributed by atoms with Crippen molar-refractivity contribution in [1.29, 1.82) is 0 Å². The Bertz CT molecular complexity index is 458. The number of ketones is 1. The fraction of sp³-hybridized carbons (Fsp3) is 0.750. The second-order valence-corrected chi connectivity index (χ2v) is 6.08. The minimum Gasteiger partial charge on any atom is -0.314 e. The summed E-state index contributed by atoms with van der Waals surface area (Å²) in [5.41, 5.74) is 2.09. The Morgan fingerprint density at radius 2 is 2.10 bits per heavy atom. The van der Waals surface area contributed by atoms with Gasteiger partial charge in [-0.05, 0) is 39.8 Å². The van der Waals surface area contributed by atoms with Crippen molar-refractivity contribution in [2.45, 2.75) is 70.9 Å². The lowest BCUT2D eigenvalue weighted by Crippen LogP contribution is -2.46. The van der Waals surface area contributed by atoms with Crippen molar-refractivity contribution in [3.05, 3.63) is 17.5 Å². The van der Waals surface area contributed by atoms with E-state index in [9.17, 15) is 4.79 Å². The van der Waals surface area contributed by atoms with Gasteiger partial charge in [0.1, 0.15) is 5.78 Å². The van der Waals surface area contributed by atoms with Crippen LogP contribution in [0.4, 0.5) is 0 Å². The van der Waals surface area contributed by atoms with E-state index in [1.807, 2.05) is 24.7 Å². The third-order valence-corrected chi connectivity index (χ3v) is 4.54. The molecule has 1 heterocycles. The molecule has 0 saturated heterocycles. The number of carbonyl (C=O) groups is 1. The largest absolute Gasteiger partial charge is 0.314 e. The maximum Gasteiger partial charge on any atom is 0.140 e. The van der Waals surface area contributed by atoms with Crippen LogP contribution in [0.5, 0.6) is 0 Å². The first-order valence-electron chi connectivity index (χ1n) is 7.82. The van der Waals surface area contributed by atoms with E-state index in [0.717, 1.165) is 30.8 Å². The summed E-state index contributed by atoms with van der Waals surface area (Å²) in [5.74, 6) is 0.329. The van der Waals surface area contributed by atoms with Crippen molar-refractivity contribution < 1.29 is 4.79 Å². The molecular formula is C16H27N3O. The van der Waals surface area contributed by atoms with Gasteiger partial charge in [0.15, 0.2) is 0 Å². The zero-order chi connectivity index (χ0) is 14.6. The lowest BCUT2D eigenvalue weighted by atomic mass is 9.78. The standard InChI is InChI=1S/C16H27N3O/c1-4-19-14(10-13(2)18-19)11-15(20)12-16(17-3)8-6-5-7-9-16/h10,17H,4-9,11-12H2,1-3H3. The summed E-state index contributed by atoms with van der Waals surface area (Å²) >= 11 is 0. The highest BCUT2D eigenvalue weighted by molar-refractivity contribution is 5.81. The summed E-state index contributed by atoms with van der Waals surface area (Å²) in [7, 11) is 2.00. The molecule has 0 aromatic carbocycles. The van der Waals surface area contributed by atoms with E-state index in [1.54, 1.807) is 0 Å². The molecule has 0 bridgehead atoms. The third-order valence-electron chi connectivity index (χ3n) is 4.54. The first-order chi connectivity index (χ1) is 9.58. The van der Waals surface area contributed by atoms with Gasteiger partial charge in [-0.1, -0.05) is 19.3 Å². The van der Waals surface area contributed by atoms with Gasteiger partial charge in [0.05, 0.1) is 5.69 Å². The zero-order valence-electron chi connectivity index (χ0n) is 13.0. The number of nitrogens with zero attached hydrogens (tertiary/aromatic N) is 2. The topological polar surface area (TPSA) is 46.9 Å². The van der Waals surface area contributed by atoms with E-state index in [-0.39, 0.29) is 5.54 Å². The lowest BCUT2D eigenvalue weighted by Gasteiger charge is -2.36. The van der Waals surface area contributed by atoms with E-state index < -0.39 is 0 Å². The molecular weight excluding hydrogens is 250 g/mol. The van der Waals surface area contributed by atoms with Crippen LogP contribution in [-0.2, 0) is 17.8 Å². The van der Waals surface area contributed by atoms with Crippen molar-refractivity contribution in [3.8, 4) is 0 Å². The number of hydrogen-bond donors (Lipinski definition) is 1. The van der Waals surface area contributed by atoms with Crippen molar-refractivity contribution >= 4 is 5.78 Å². The second kappa shape index (κ2) is 6.53. The predicted molar refractivity (Wildman–Crippen MR) is 80.8 cm³/mol. The van der Waals surface area contributed by atoms with E-state index in [0.29, 0.717) is 18.6 Å². The molecule has 1 aliphatic carbocycles. The predicted octanol–water partition coefficient (Wildman–Crippen LogP) is 2.64. The molecule has 4 nitrogen and oxygen atoms in total. The van der Waals surface area contributed by atoms with Crippen LogP contribution in [0.1, 0.15) is 56.8 Å². The van der Waals surface area contributed by atoms with Gasteiger partial charge in [-0.2, -0.15) is 5.10 Å². The Kier molecular flexibility index (Phi) is 4.97. The van der Waals surface area contributed by atoms with E-state index in [4.69, 9.17) is 0 Å². The molecule has 1 fully saturated rings. The van der Waals surface area contributed by atoms with Gasteiger partial charge in [0, 0.05) is 30.6 Å². The van der Waals surface area contributed by atoms with Gasteiger partial charge in [-0.15, -0.1) is 0 Å². The first-order valence-corrected chi connectivity index (χ1v) is 7.82. The number of Topliss-reactive ketones (excluding diaryl/α,β-unsaturated/α-hetero) is 1. The average Bonchev–Trinajstić information content (AvgIpc) is 2.79. The quantitative estimate of drug-likeness (QED) is 0.869. The Balaban J connectivity index is 2.00. The summed E-state index contributed by atoms with van der Waals surface area (Å²) in [5, 5.41) is 7.84. The molecule has 20 heavy (non-hydrogen) atoms. The molecule has 0 spiro atoms. The van der Waals surface area contributed by atoms with Gasteiger partial charge in [0.2, 0.25) is 0 Å². The maximum atomic E-state index is 12.4. The number of aryl methyl sites for hydroxylation is 2. The zero-order valence-corrected chi connectivity index (χ0v) is 13.0. The number of rotatable bonds is 6. The van der Waals surface area contributed by atoms with Gasteiger partial charge < -0.3 is 5.32 Å². The highest BCUT2D eigenvalue weighted by atomic mass is 16.1. The fourth-order valence-corrected chi connectivity index (χ4v) is 3.40. The Morgan fingerprint density at radius 3 is 2.70 bits per heavy atom. The average molecular weight is 277 g/mol. The fourth-order valence-electron chi connectivity index (χ4n) is 3.40. The molecule has 2 rings (SSSR count). The Labute approximate surface area is 121 Å². The van der Waals surface area contributed by atoms with Crippen molar-refractivity contribution in [2.24, 2.45) is 0 Å². The summed E-state index contributed by atoms with van der Waals surface area (Å²) in [4.78, 5) is 12.4. The number of nitrogens with one attached hydrogen (secondary N) is 1. The summed E-state index contributed by atoms with van der Waals surface area (Å²) in [6.07, 6.45) is 7.19. The van der Waals surface area contributed by atoms with Gasteiger partial charge in [0.25, 0.3) is 0 Å². The van der Waals surface area contributed by atoms with Crippen LogP contribution in [0.3, 0.4) is 0 Å². The number of carbonyl (C=O) groups excluding carboxylic acids is 1. The normalized spacial score (nSPS) is 18.1. The molecule has 112 valence electrons. The SMILES string of the molecule is CCn1nc(C)cc1CC(=O)CC1(NC)CCCCC1. The van der Waals surface area contributed by atoms with Crippen LogP contribution in [0.2, 0.25) is 0 Å². The van der Waals surface area contributed by atoms with Crippen molar-refractivity contribution in [3.63, 3.8) is 0 Å². The summed E-state index contributed by atoms with van der Waals surface area (Å²) < 4.78 is 1.94. The van der Waals surface area contributed by atoms with E-state index >= 15 is 0 Å². The van der Waals surface area contributed by atoms with Crippen LogP contribution in [0.25, 0.3) is 0 Å². The van der Waals surface area contributed by atoms with Gasteiger partial charge >= 0.3 is 0 Å². The summed E-state index contributed by atoms with van der Waals surface area (Å²) in [6, 6.07) is 2.04. The molecule has 4 heteroatoms. The molecule has 1 aromatic rings. The van der Waals surface area contributed by atoms with Gasteiger partial charge in [-0.3, -0.25) is 9.48 Å². The molecule has 0 aliphatic heterocycles. The molecule has 0 atom stereocenters. The van der Waals surface area contributed by atoms with Crippen molar-refractivity contribution in [1.82, 2.24) is 15.1 Å². The van der Waals surface area contributed by atoms with Crippen LogP contribution in [0.15, 0.2) is 6.07 Å². The molecule has 1 N–H and O–H groups in total. The molecule has 1 aliphatic rings. The van der Waals surface area contributed by atoms with Crippen molar-refractivity contribution in [2.75, 3.05) is 7.05 Å². The highest BCUT2D eigenvalue weighted by Crippen LogP contribution is 2.31. The lowest BCUT2D eigenvalue weighted by molar-refractivity contribution is -0.120. The van der Waals surface area contributed by atoms with E-state index in [2.05, 4.69) is 17.3 Å².